The lowest BCUT2D eigenvalue weighted by atomic mass is 10.2. The largest absolute Gasteiger partial charge is 0.311 e. The Labute approximate surface area is 129 Å². The first-order valence-corrected chi connectivity index (χ1v) is 8.51. The predicted molar refractivity (Wildman–Crippen MR) is 83.2 cm³/mol. The molecule has 112 valence electrons. The minimum atomic E-state index is 0.978. The first-order valence-electron chi connectivity index (χ1n) is 7.70. The molecule has 6 heteroatoms. The molecule has 0 radical (unpaired) electrons. The zero-order chi connectivity index (χ0) is 14.2. The van der Waals surface area contributed by atoms with Crippen molar-refractivity contribution in [2.75, 3.05) is 13.1 Å². The summed E-state index contributed by atoms with van der Waals surface area (Å²) in [5.41, 5.74) is 4.11. The molecule has 0 aliphatic carbocycles. The van der Waals surface area contributed by atoms with Gasteiger partial charge in [0.25, 0.3) is 0 Å². The molecule has 0 amide bonds. The van der Waals surface area contributed by atoms with Crippen molar-refractivity contribution in [2.24, 2.45) is 7.05 Å². The normalized spacial score (nSPS) is 19.1. The maximum Gasteiger partial charge on any atom is 0.107 e. The average Bonchev–Trinajstić information content (AvgIpc) is 2.96. The second-order valence-electron chi connectivity index (χ2n) is 5.96. The van der Waals surface area contributed by atoms with Gasteiger partial charge in [0.05, 0.1) is 18.4 Å². The Morgan fingerprint density at radius 2 is 2.33 bits per heavy atom. The topological polar surface area (TPSA) is 46.0 Å². The third-order valence-electron chi connectivity index (χ3n) is 4.44. The monoisotopic (exact) mass is 303 g/mol. The highest BCUT2D eigenvalue weighted by atomic mass is 32.1. The second kappa shape index (κ2) is 5.51. The molecule has 0 fully saturated rings. The second-order valence-corrected chi connectivity index (χ2v) is 7.13. The number of fused-ring (bicyclic) bond motifs is 2. The summed E-state index contributed by atoms with van der Waals surface area (Å²) < 4.78 is 2.03. The van der Waals surface area contributed by atoms with Crippen LogP contribution in [0.4, 0.5) is 0 Å². The first-order chi connectivity index (χ1) is 10.3. The molecule has 0 bridgehead atoms. The number of hydrogen-bond donors (Lipinski definition) is 1. The van der Waals surface area contributed by atoms with Gasteiger partial charge in [-0.05, 0) is 19.4 Å². The van der Waals surface area contributed by atoms with Crippen molar-refractivity contribution in [1.29, 1.82) is 0 Å². The van der Waals surface area contributed by atoms with E-state index in [1.54, 1.807) is 0 Å². The molecule has 0 atom stereocenters. The van der Waals surface area contributed by atoms with Crippen LogP contribution in [0.2, 0.25) is 0 Å². The van der Waals surface area contributed by atoms with Gasteiger partial charge in [-0.1, -0.05) is 0 Å². The Hall–Kier alpha value is -1.24. The Kier molecular flexibility index (Phi) is 3.52. The molecular weight excluding hydrogens is 282 g/mol. The SMILES string of the molecule is Cn1ncc2c1CCCN(Cc1nc3c(s1)CNCC3)C2. The maximum absolute atomic E-state index is 4.85. The van der Waals surface area contributed by atoms with E-state index in [0.717, 1.165) is 45.6 Å². The van der Waals surface area contributed by atoms with E-state index in [2.05, 4.69) is 22.4 Å². The van der Waals surface area contributed by atoms with Gasteiger partial charge in [0.1, 0.15) is 5.01 Å². The third-order valence-corrected chi connectivity index (χ3v) is 5.52. The molecule has 0 saturated carbocycles. The van der Waals surface area contributed by atoms with Crippen LogP contribution in [0.3, 0.4) is 0 Å². The van der Waals surface area contributed by atoms with E-state index in [4.69, 9.17) is 4.98 Å². The molecule has 2 aliphatic rings. The quantitative estimate of drug-likeness (QED) is 0.912. The fraction of sp³-hybridized carbons (Fsp3) is 0.600. The summed E-state index contributed by atoms with van der Waals surface area (Å²) >= 11 is 1.89. The van der Waals surface area contributed by atoms with Crippen LogP contribution in [0, 0.1) is 0 Å². The number of nitrogens with zero attached hydrogens (tertiary/aromatic N) is 4. The Bertz CT molecular complexity index is 621. The van der Waals surface area contributed by atoms with E-state index in [9.17, 15) is 0 Å². The van der Waals surface area contributed by atoms with Crippen LogP contribution in [0.15, 0.2) is 6.20 Å². The van der Waals surface area contributed by atoms with E-state index < -0.39 is 0 Å². The van der Waals surface area contributed by atoms with E-state index in [0.29, 0.717) is 0 Å². The summed E-state index contributed by atoms with van der Waals surface area (Å²) in [6.45, 7) is 5.20. The van der Waals surface area contributed by atoms with E-state index in [-0.39, 0.29) is 0 Å². The Balaban J connectivity index is 1.50. The van der Waals surface area contributed by atoms with Crippen LogP contribution in [0.25, 0.3) is 0 Å². The molecule has 4 heterocycles. The smallest absolute Gasteiger partial charge is 0.107 e. The van der Waals surface area contributed by atoms with Crippen LogP contribution in [-0.4, -0.2) is 32.8 Å². The molecule has 0 saturated heterocycles. The van der Waals surface area contributed by atoms with Gasteiger partial charge in [-0.25, -0.2) is 4.98 Å². The summed E-state index contributed by atoms with van der Waals surface area (Å²) in [6, 6.07) is 0. The van der Waals surface area contributed by atoms with Crippen LogP contribution < -0.4 is 5.32 Å². The van der Waals surface area contributed by atoms with Crippen molar-refractivity contribution < 1.29 is 0 Å². The van der Waals surface area contributed by atoms with Crippen LogP contribution in [-0.2, 0) is 39.5 Å². The predicted octanol–water partition coefficient (Wildman–Crippen LogP) is 1.47. The van der Waals surface area contributed by atoms with Crippen molar-refractivity contribution >= 4 is 11.3 Å². The van der Waals surface area contributed by atoms with Gasteiger partial charge >= 0.3 is 0 Å². The number of thiazole rings is 1. The molecule has 2 aromatic heterocycles. The standard InChI is InChI=1S/C15H21N5S/c1-19-13-3-2-6-20(9-11(13)7-17-19)10-15-18-12-4-5-16-8-14(12)21-15/h7,16H,2-6,8-10H2,1H3. The summed E-state index contributed by atoms with van der Waals surface area (Å²) in [6.07, 6.45) is 5.46. The molecule has 2 aromatic rings. The number of aryl methyl sites for hydroxylation is 1. The summed E-state index contributed by atoms with van der Waals surface area (Å²) in [7, 11) is 2.05. The van der Waals surface area contributed by atoms with Crippen molar-refractivity contribution in [2.45, 2.75) is 38.9 Å². The number of hydrogen-bond acceptors (Lipinski definition) is 5. The lowest BCUT2D eigenvalue weighted by Crippen LogP contribution is -2.23. The summed E-state index contributed by atoms with van der Waals surface area (Å²) in [4.78, 5) is 8.81. The molecule has 0 spiro atoms. The molecular formula is C15H21N5S. The fourth-order valence-corrected chi connectivity index (χ4v) is 4.45. The Morgan fingerprint density at radius 3 is 3.24 bits per heavy atom. The van der Waals surface area contributed by atoms with Crippen molar-refractivity contribution in [1.82, 2.24) is 25.0 Å². The summed E-state index contributed by atoms with van der Waals surface area (Å²) in [5.74, 6) is 0. The highest BCUT2D eigenvalue weighted by molar-refractivity contribution is 7.11. The molecule has 5 nitrogen and oxygen atoms in total. The van der Waals surface area contributed by atoms with Gasteiger partial charge in [0, 0.05) is 49.2 Å². The molecule has 1 N–H and O–H groups in total. The highest BCUT2D eigenvalue weighted by Crippen LogP contribution is 2.25. The number of aromatic nitrogens is 3. The van der Waals surface area contributed by atoms with Crippen molar-refractivity contribution in [3.8, 4) is 0 Å². The van der Waals surface area contributed by atoms with Gasteiger partial charge in [0.15, 0.2) is 0 Å². The van der Waals surface area contributed by atoms with Crippen LogP contribution in [0.5, 0.6) is 0 Å². The first kappa shape index (κ1) is 13.4. The fourth-order valence-electron chi connectivity index (χ4n) is 3.33. The highest BCUT2D eigenvalue weighted by Gasteiger charge is 2.20. The zero-order valence-electron chi connectivity index (χ0n) is 12.4. The van der Waals surface area contributed by atoms with Gasteiger partial charge < -0.3 is 5.32 Å². The number of nitrogens with one attached hydrogen (secondary N) is 1. The lowest BCUT2D eigenvalue weighted by Gasteiger charge is -2.18. The number of rotatable bonds is 2. The summed E-state index contributed by atoms with van der Waals surface area (Å²) in [5, 5.41) is 9.11. The van der Waals surface area contributed by atoms with E-state index in [1.807, 2.05) is 22.2 Å². The molecule has 4 rings (SSSR count). The van der Waals surface area contributed by atoms with Crippen LogP contribution in [0.1, 0.15) is 33.3 Å². The molecule has 2 aliphatic heterocycles. The average molecular weight is 303 g/mol. The maximum atomic E-state index is 4.85. The lowest BCUT2D eigenvalue weighted by molar-refractivity contribution is 0.260. The van der Waals surface area contributed by atoms with Crippen molar-refractivity contribution in [3.05, 3.63) is 33.0 Å². The van der Waals surface area contributed by atoms with E-state index >= 15 is 0 Å². The molecule has 0 aromatic carbocycles. The van der Waals surface area contributed by atoms with Gasteiger partial charge in [0.2, 0.25) is 0 Å². The third kappa shape index (κ3) is 2.63. The molecule has 21 heavy (non-hydrogen) atoms. The van der Waals surface area contributed by atoms with Gasteiger partial charge in [-0.2, -0.15) is 5.10 Å². The Morgan fingerprint density at radius 1 is 1.38 bits per heavy atom. The van der Waals surface area contributed by atoms with Gasteiger partial charge in [-0.15, -0.1) is 11.3 Å². The van der Waals surface area contributed by atoms with Gasteiger partial charge in [-0.3, -0.25) is 9.58 Å². The van der Waals surface area contributed by atoms with E-state index in [1.165, 1.54) is 33.3 Å². The van der Waals surface area contributed by atoms with Crippen molar-refractivity contribution in [3.63, 3.8) is 0 Å². The molecule has 0 unspecified atom stereocenters. The minimum absolute atomic E-state index is 0.978. The minimum Gasteiger partial charge on any atom is -0.311 e. The van der Waals surface area contributed by atoms with Crippen LogP contribution >= 0.6 is 11.3 Å². The zero-order valence-corrected chi connectivity index (χ0v) is 13.2.